The van der Waals surface area contributed by atoms with E-state index in [0.29, 0.717) is 24.5 Å². The van der Waals surface area contributed by atoms with Crippen molar-refractivity contribution in [2.45, 2.75) is 33.0 Å². The maximum Gasteiger partial charge on any atom is 0.125 e. The van der Waals surface area contributed by atoms with Crippen LogP contribution in [0.1, 0.15) is 26.3 Å². The van der Waals surface area contributed by atoms with Crippen LogP contribution in [0.4, 0.5) is 4.39 Å². The molecule has 0 aliphatic rings. The van der Waals surface area contributed by atoms with Crippen LogP contribution in [-0.2, 0) is 11.3 Å². The molecule has 0 aliphatic heterocycles. The molecule has 1 rings (SSSR count). The van der Waals surface area contributed by atoms with E-state index in [1.54, 1.807) is 0 Å². The lowest BCUT2D eigenvalue weighted by Gasteiger charge is -2.19. The molecule has 0 radical (unpaired) electrons. The Morgan fingerprint density at radius 3 is 2.53 bits per heavy atom. The molecule has 17 heavy (non-hydrogen) atoms. The Balaban J connectivity index is 2.46. The van der Waals surface area contributed by atoms with E-state index in [4.69, 9.17) is 14.6 Å². The summed E-state index contributed by atoms with van der Waals surface area (Å²) in [5.74, 6) is 0.110. The Morgan fingerprint density at radius 1 is 1.24 bits per heavy atom. The summed E-state index contributed by atoms with van der Waals surface area (Å²) in [5, 5.41) is 9.05. The van der Waals surface area contributed by atoms with Gasteiger partial charge in [-0.1, -0.05) is 0 Å². The average Bonchev–Trinajstić information content (AvgIpc) is 2.24. The summed E-state index contributed by atoms with van der Waals surface area (Å²) in [6.07, 6.45) is 0. The number of hydrogen-bond donors (Lipinski definition) is 1. The molecule has 0 saturated heterocycles. The Hall–Kier alpha value is -1.13. The Labute approximate surface area is 101 Å². The second-order valence-electron chi connectivity index (χ2n) is 4.72. The van der Waals surface area contributed by atoms with Crippen molar-refractivity contribution in [1.29, 1.82) is 0 Å². The maximum atomic E-state index is 12.9. The van der Waals surface area contributed by atoms with Gasteiger partial charge in [-0.15, -0.1) is 0 Å². The number of hydrogen-bond acceptors (Lipinski definition) is 3. The second-order valence-corrected chi connectivity index (χ2v) is 4.72. The van der Waals surface area contributed by atoms with Crippen molar-refractivity contribution in [3.05, 3.63) is 29.6 Å². The zero-order chi connectivity index (χ0) is 12.9. The zero-order valence-corrected chi connectivity index (χ0v) is 10.5. The van der Waals surface area contributed by atoms with Gasteiger partial charge in [-0.05, 0) is 39.0 Å². The number of aliphatic hydroxyl groups excluding tert-OH is 1. The van der Waals surface area contributed by atoms with E-state index in [1.165, 1.54) is 18.2 Å². The minimum atomic E-state index is -0.382. The van der Waals surface area contributed by atoms with E-state index in [2.05, 4.69) is 0 Å². The average molecular weight is 242 g/mol. The van der Waals surface area contributed by atoms with Crippen molar-refractivity contribution >= 4 is 0 Å². The molecule has 1 aromatic carbocycles. The van der Waals surface area contributed by atoms with Gasteiger partial charge in [-0.3, -0.25) is 0 Å². The van der Waals surface area contributed by atoms with Gasteiger partial charge >= 0.3 is 0 Å². The fourth-order valence-corrected chi connectivity index (χ4v) is 1.31. The SMILES string of the molecule is CC(C)(C)OCCOc1ccc(F)cc1CO. The lowest BCUT2D eigenvalue weighted by molar-refractivity contribution is -0.0165. The van der Waals surface area contributed by atoms with Gasteiger partial charge in [-0.25, -0.2) is 4.39 Å². The summed E-state index contributed by atoms with van der Waals surface area (Å²) in [4.78, 5) is 0. The van der Waals surface area contributed by atoms with Gasteiger partial charge in [0.25, 0.3) is 0 Å². The number of aliphatic hydroxyl groups is 1. The van der Waals surface area contributed by atoms with Crippen LogP contribution >= 0.6 is 0 Å². The summed E-state index contributed by atoms with van der Waals surface area (Å²) in [6, 6.07) is 4.08. The van der Waals surface area contributed by atoms with Crippen LogP contribution < -0.4 is 4.74 Å². The highest BCUT2D eigenvalue weighted by molar-refractivity contribution is 5.33. The van der Waals surface area contributed by atoms with E-state index in [1.807, 2.05) is 20.8 Å². The Kier molecular flexibility index (Phi) is 4.90. The molecule has 0 saturated carbocycles. The van der Waals surface area contributed by atoms with Crippen molar-refractivity contribution in [2.75, 3.05) is 13.2 Å². The molecule has 0 spiro atoms. The molecule has 0 heterocycles. The number of ether oxygens (including phenoxy) is 2. The highest BCUT2D eigenvalue weighted by atomic mass is 19.1. The first kappa shape index (κ1) is 13.9. The van der Waals surface area contributed by atoms with Crippen LogP contribution in [-0.4, -0.2) is 23.9 Å². The molecule has 0 fully saturated rings. The predicted octanol–water partition coefficient (Wildman–Crippen LogP) is 2.51. The molecule has 0 aliphatic carbocycles. The minimum Gasteiger partial charge on any atom is -0.491 e. The largest absolute Gasteiger partial charge is 0.491 e. The molecule has 0 bridgehead atoms. The standard InChI is InChI=1S/C13H19FO3/c1-13(2,3)17-7-6-16-12-5-4-11(14)8-10(12)9-15/h4-5,8,15H,6-7,9H2,1-3H3. The highest BCUT2D eigenvalue weighted by Gasteiger charge is 2.10. The molecule has 1 aromatic rings. The van der Waals surface area contributed by atoms with Crippen molar-refractivity contribution < 1.29 is 19.0 Å². The molecule has 0 amide bonds. The summed E-state index contributed by atoms with van der Waals surface area (Å²) in [7, 11) is 0. The van der Waals surface area contributed by atoms with Crippen LogP contribution in [0.25, 0.3) is 0 Å². The topological polar surface area (TPSA) is 38.7 Å². The van der Waals surface area contributed by atoms with Gasteiger partial charge in [0.1, 0.15) is 18.2 Å². The van der Waals surface area contributed by atoms with E-state index in [0.717, 1.165) is 0 Å². The van der Waals surface area contributed by atoms with Crippen LogP contribution in [0.5, 0.6) is 5.75 Å². The third-order valence-corrected chi connectivity index (χ3v) is 2.07. The lowest BCUT2D eigenvalue weighted by atomic mass is 10.2. The lowest BCUT2D eigenvalue weighted by Crippen LogP contribution is -2.22. The molecular weight excluding hydrogens is 223 g/mol. The summed E-state index contributed by atoms with van der Waals surface area (Å²) in [6.45, 7) is 6.47. The summed E-state index contributed by atoms with van der Waals surface area (Å²) in [5.41, 5.74) is 0.243. The van der Waals surface area contributed by atoms with Gasteiger partial charge in [0.15, 0.2) is 0 Å². The molecule has 4 heteroatoms. The van der Waals surface area contributed by atoms with Crippen molar-refractivity contribution in [3.63, 3.8) is 0 Å². The zero-order valence-electron chi connectivity index (χ0n) is 10.5. The highest BCUT2D eigenvalue weighted by Crippen LogP contribution is 2.19. The minimum absolute atomic E-state index is 0.202. The fraction of sp³-hybridized carbons (Fsp3) is 0.538. The maximum absolute atomic E-state index is 12.9. The van der Waals surface area contributed by atoms with Gasteiger partial charge < -0.3 is 14.6 Å². The third kappa shape index (κ3) is 5.15. The molecule has 1 N–H and O–H groups in total. The number of benzene rings is 1. The van der Waals surface area contributed by atoms with Crippen LogP contribution in [0.15, 0.2) is 18.2 Å². The molecule has 3 nitrogen and oxygen atoms in total. The van der Waals surface area contributed by atoms with Gasteiger partial charge in [0.2, 0.25) is 0 Å². The molecule has 0 aromatic heterocycles. The van der Waals surface area contributed by atoms with Gasteiger partial charge in [-0.2, -0.15) is 0 Å². The summed E-state index contributed by atoms with van der Waals surface area (Å²) < 4.78 is 23.8. The Bertz CT molecular complexity index is 358. The van der Waals surface area contributed by atoms with Crippen molar-refractivity contribution in [2.24, 2.45) is 0 Å². The second kappa shape index (κ2) is 5.98. The first-order valence-corrected chi connectivity index (χ1v) is 5.58. The Morgan fingerprint density at radius 2 is 1.94 bits per heavy atom. The first-order chi connectivity index (χ1) is 7.92. The molecule has 0 atom stereocenters. The summed E-state index contributed by atoms with van der Waals surface area (Å²) >= 11 is 0. The smallest absolute Gasteiger partial charge is 0.125 e. The van der Waals surface area contributed by atoms with Gasteiger partial charge in [0, 0.05) is 5.56 Å². The first-order valence-electron chi connectivity index (χ1n) is 5.58. The number of rotatable bonds is 5. The van der Waals surface area contributed by atoms with Crippen LogP contribution in [0.3, 0.4) is 0 Å². The molecule has 96 valence electrons. The number of halogens is 1. The third-order valence-electron chi connectivity index (χ3n) is 2.07. The normalized spacial score (nSPS) is 11.6. The predicted molar refractivity (Wildman–Crippen MR) is 63.5 cm³/mol. The molecule has 0 unspecified atom stereocenters. The molecular formula is C13H19FO3. The van der Waals surface area contributed by atoms with Crippen LogP contribution in [0.2, 0.25) is 0 Å². The van der Waals surface area contributed by atoms with Crippen molar-refractivity contribution in [1.82, 2.24) is 0 Å². The van der Waals surface area contributed by atoms with E-state index < -0.39 is 0 Å². The fourth-order valence-electron chi connectivity index (χ4n) is 1.31. The van der Waals surface area contributed by atoms with E-state index >= 15 is 0 Å². The monoisotopic (exact) mass is 242 g/mol. The van der Waals surface area contributed by atoms with Crippen molar-refractivity contribution in [3.8, 4) is 5.75 Å². The van der Waals surface area contributed by atoms with E-state index in [9.17, 15) is 4.39 Å². The quantitative estimate of drug-likeness (QED) is 0.806. The van der Waals surface area contributed by atoms with E-state index in [-0.39, 0.29) is 18.0 Å². The van der Waals surface area contributed by atoms with Crippen LogP contribution in [0, 0.1) is 5.82 Å². The van der Waals surface area contributed by atoms with Gasteiger partial charge in [0.05, 0.1) is 18.8 Å².